The van der Waals surface area contributed by atoms with Crippen molar-refractivity contribution < 1.29 is 22.7 Å². The summed E-state index contributed by atoms with van der Waals surface area (Å²) in [7, 11) is -3.68. The molecule has 0 aromatic heterocycles. The molecule has 0 saturated carbocycles. The second-order valence-electron chi connectivity index (χ2n) is 4.77. The summed E-state index contributed by atoms with van der Waals surface area (Å²) in [5.41, 5.74) is 0. The lowest BCUT2D eigenvalue weighted by molar-refractivity contribution is 0.125. The summed E-state index contributed by atoms with van der Waals surface area (Å²) >= 11 is 11.5. The Morgan fingerprint density at radius 3 is 2.39 bits per heavy atom. The summed E-state index contributed by atoms with van der Waals surface area (Å²) in [5.74, 6) is -0.878. The maximum Gasteiger partial charge on any atom is 0.181 e. The standard InChI is InChI=1S/C15H13Cl2FO4S/c16-10-1-4-13(5-2-10)23(20,21)9-12(19)8-22-15-6-3-11(18)7-14(15)17/h1-7,12,19H,8-9H2/t12-/m1/s1. The van der Waals surface area contributed by atoms with E-state index in [1.54, 1.807) is 0 Å². The van der Waals surface area contributed by atoms with Gasteiger partial charge in [0.25, 0.3) is 0 Å². The van der Waals surface area contributed by atoms with Gasteiger partial charge in [-0.15, -0.1) is 0 Å². The molecule has 0 fully saturated rings. The van der Waals surface area contributed by atoms with Crippen molar-refractivity contribution in [1.82, 2.24) is 0 Å². The third-order valence-corrected chi connectivity index (χ3v) is 5.27. The van der Waals surface area contributed by atoms with E-state index < -0.39 is 27.5 Å². The molecule has 0 radical (unpaired) electrons. The Bertz CT molecular complexity index is 779. The first-order chi connectivity index (χ1) is 10.8. The molecule has 2 aromatic rings. The Balaban J connectivity index is 1.98. The van der Waals surface area contributed by atoms with E-state index in [-0.39, 0.29) is 22.3 Å². The number of halogens is 3. The maximum absolute atomic E-state index is 12.9. The van der Waals surface area contributed by atoms with Crippen molar-refractivity contribution in [2.45, 2.75) is 11.0 Å². The van der Waals surface area contributed by atoms with Gasteiger partial charge in [-0.1, -0.05) is 23.2 Å². The van der Waals surface area contributed by atoms with Gasteiger partial charge in [-0.2, -0.15) is 0 Å². The molecule has 1 N–H and O–H groups in total. The topological polar surface area (TPSA) is 63.6 Å². The van der Waals surface area contributed by atoms with E-state index in [2.05, 4.69) is 0 Å². The molecule has 124 valence electrons. The van der Waals surface area contributed by atoms with Crippen molar-refractivity contribution in [2.75, 3.05) is 12.4 Å². The number of sulfone groups is 1. The molecule has 1 atom stereocenters. The molecule has 0 saturated heterocycles. The molecule has 0 aliphatic carbocycles. The number of aliphatic hydroxyl groups is 1. The molecule has 2 aromatic carbocycles. The Morgan fingerprint density at radius 1 is 1.13 bits per heavy atom. The van der Waals surface area contributed by atoms with Crippen LogP contribution in [0.2, 0.25) is 10.0 Å². The summed E-state index contributed by atoms with van der Waals surface area (Å²) < 4.78 is 42.4. The average Bonchev–Trinajstić information content (AvgIpc) is 2.46. The van der Waals surface area contributed by atoms with Gasteiger partial charge in [0.2, 0.25) is 0 Å². The summed E-state index contributed by atoms with van der Waals surface area (Å²) in [6.45, 7) is -0.293. The van der Waals surface area contributed by atoms with Gasteiger partial charge in [0, 0.05) is 5.02 Å². The molecule has 0 aliphatic rings. The molecule has 0 amide bonds. The van der Waals surface area contributed by atoms with Gasteiger partial charge in [-0.3, -0.25) is 0 Å². The van der Waals surface area contributed by atoms with Gasteiger partial charge in [0.15, 0.2) is 9.84 Å². The van der Waals surface area contributed by atoms with Crippen LogP contribution in [0.1, 0.15) is 0 Å². The van der Waals surface area contributed by atoms with Crippen LogP contribution in [0.5, 0.6) is 5.75 Å². The smallest absolute Gasteiger partial charge is 0.181 e. The fraction of sp³-hybridized carbons (Fsp3) is 0.200. The van der Waals surface area contributed by atoms with Crippen molar-refractivity contribution in [3.8, 4) is 5.75 Å². The van der Waals surface area contributed by atoms with E-state index in [1.807, 2.05) is 0 Å². The van der Waals surface area contributed by atoms with E-state index in [4.69, 9.17) is 27.9 Å². The van der Waals surface area contributed by atoms with Crippen molar-refractivity contribution in [3.05, 3.63) is 58.3 Å². The van der Waals surface area contributed by atoms with E-state index in [0.29, 0.717) is 5.02 Å². The Kier molecular flexibility index (Phi) is 5.86. The Labute approximate surface area is 143 Å². The molecule has 0 spiro atoms. The highest BCUT2D eigenvalue weighted by Gasteiger charge is 2.20. The molecule has 8 heteroatoms. The van der Waals surface area contributed by atoms with Crippen molar-refractivity contribution >= 4 is 33.0 Å². The molecule has 23 heavy (non-hydrogen) atoms. The average molecular weight is 379 g/mol. The number of rotatable bonds is 6. The van der Waals surface area contributed by atoms with Crippen LogP contribution in [-0.4, -0.2) is 32.0 Å². The predicted molar refractivity (Wildman–Crippen MR) is 86.4 cm³/mol. The highest BCUT2D eigenvalue weighted by atomic mass is 35.5. The molecule has 0 unspecified atom stereocenters. The van der Waals surface area contributed by atoms with Gasteiger partial charge in [-0.05, 0) is 42.5 Å². The van der Waals surface area contributed by atoms with Gasteiger partial charge < -0.3 is 9.84 Å². The zero-order chi connectivity index (χ0) is 17.0. The molecule has 0 aliphatic heterocycles. The SMILES string of the molecule is O=S(=O)(C[C@H](O)COc1ccc(F)cc1Cl)c1ccc(Cl)cc1. The molecule has 0 bridgehead atoms. The van der Waals surface area contributed by atoms with Crippen LogP contribution < -0.4 is 4.74 Å². The van der Waals surface area contributed by atoms with Crippen LogP contribution in [0.3, 0.4) is 0 Å². The zero-order valence-electron chi connectivity index (χ0n) is 11.7. The number of benzene rings is 2. The van der Waals surface area contributed by atoms with Crippen LogP contribution in [0.25, 0.3) is 0 Å². The van der Waals surface area contributed by atoms with Gasteiger partial charge in [-0.25, -0.2) is 12.8 Å². The first-order valence-corrected chi connectivity index (χ1v) is 8.93. The lowest BCUT2D eigenvalue weighted by Crippen LogP contribution is -2.27. The second kappa shape index (κ2) is 7.49. The highest BCUT2D eigenvalue weighted by Crippen LogP contribution is 2.25. The number of ether oxygens (including phenoxy) is 1. The van der Waals surface area contributed by atoms with Gasteiger partial charge in [0.1, 0.15) is 24.3 Å². The Hall–Kier alpha value is -1.34. The molecule has 2 rings (SSSR count). The number of hydrogen-bond acceptors (Lipinski definition) is 4. The summed E-state index contributed by atoms with van der Waals surface area (Å²) in [6.07, 6.45) is -1.27. The minimum absolute atomic E-state index is 0.0396. The van der Waals surface area contributed by atoms with Gasteiger partial charge in [0.05, 0.1) is 15.7 Å². The predicted octanol–water partition coefficient (Wildman–Crippen LogP) is 3.35. The fourth-order valence-corrected chi connectivity index (χ4v) is 3.51. The van der Waals surface area contributed by atoms with E-state index in [1.165, 1.54) is 30.3 Å². The highest BCUT2D eigenvalue weighted by molar-refractivity contribution is 7.91. The largest absolute Gasteiger partial charge is 0.489 e. The molecular weight excluding hydrogens is 366 g/mol. The van der Waals surface area contributed by atoms with Crippen molar-refractivity contribution in [2.24, 2.45) is 0 Å². The van der Waals surface area contributed by atoms with Crippen LogP contribution in [-0.2, 0) is 9.84 Å². The van der Waals surface area contributed by atoms with Crippen molar-refractivity contribution in [1.29, 1.82) is 0 Å². The van der Waals surface area contributed by atoms with E-state index >= 15 is 0 Å². The Morgan fingerprint density at radius 2 is 1.78 bits per heavy atom. The monoisotopic (exact) mass is 378 g/mol. The van der Waals surface area contributed by atoms with E-state index in [9.17, 15) is 17.9 Å². The number of hydrogen-bond donors (Lipinski definition) is 1. The quantitative estimate of drug-likeness (QED) is 0.836. The maximum atomic E-state index is 12.9. The lowest BCUT2D eigenvalue weighted by Gasteiger charge is -2.13. The summed E-state index contributed by atoms with van der Waals surface area (Å²) in [5, 5.41) is 10.3. The van der Waals surface area contributed by atoms with Crippen molar-refractivity contribution in [3.63, 3.8) is 0 Å². The second-order valence-corrected chi connectivity index (χ2v) is 7.65. The van der Waals surface area contributed by atoms with Crippen LogP contribution in [0.15, 0.2) is 47.4 Å². The lowest BCUT2D eigenvalue weighted by atomic mass is 10.3. The minimum Gasteiger partial charge on any atom is -0.489 e. The number of aliphatic hydroxyl groups excluding tert-OH is 1. The zero-order valence-corrected chi connectivity index (χ0v) is 14.1. The minimum atomic E-state index is -3.68. The third-order valence-electron chi connectivity index (χ3n) is 2.91. The molecule has 0 heterocycles. The van der Waals surface area contributed by atoms with Crippen LogP contribution >= 0.6 is 23.2 Å². The summed E-state index contributed by atoms with van der Waals surface area (Å²) in [4.78, 5) is 0.0563. The molecular formula is C15H13Cl2FO4S. The summed E-state index contributed by atoms with van der Waals surface area (Å²) in [6, 6.07) is 9.15. The van der Waals surface area contributed by atoms with Crippen LogP contribution in [0, 0.1) is 5.82 Å². The van der Waals surface area contributed by atoms with Gasteiger partial charge >= 0.3 is 0 Å². The van der Waals surface area contributed by atoms with E-state index in [0.717, 1.165) is 12.1 Å². The first-order valence-electron chi connectivity index (χ1n) is 6.52. The normalized spacial score (nSPS) is 12.9. The van der Waals surface area contributed by atoms with Crippen LogP contribution in [0.4, 0.5) is 4.39 Å². The third kappa shape index (κ3) is 5.07. The molecule has 4 nitrogen and oxygen atoms in total. The first kappa shape index (κ1) is 18.0. The fourth-order valence-electron chi connectivity index (χ4n) is 1.82.